The topological polar surface area (TPSA) is 146 Å². The Morgan fingerprint density at radius 2 is 1.24 bits per heavy atom. The summed E-state index contributed by atoms with van der Waals surface area (Å²) in [6.07, 6.45) is 0. The first-order valence-corrected chi connectivity index (χ1v) is 9.88. The first-order chi connectivity index (χ1) is 11.7. The van der Waals surface area contributed by atoms with E-state index in [1.54, 1.807) is 6.07 Å². The van der Waals surface area contributed by atoms with Crippen LogP contribution in [0.5, 0.6) is 0 Å². The summed E-state index contributed by atoms with van der Waals surface area (Å²) in [6.45, 7) is 0. The van der Waals surface area contributed by atoms with E-state index in [-0.39, 0.29) is 11.3 Å². The van der Waals surface area contributed by atoms with Gasteiger partial charge in [0.25, 0.3) is 5.91 Å². The quantitative estimate of drug-likeness (QED) is 0.529. The van der Waals surface area contributed by atoms with Gasteiger partial charge in [-0.1, -0.05) is 0 Å². The summed E-state index contributed by atoms with van der Waals surface area (Å²) in [6, 6.07) is 8.89. The molecule has 0 radical (unpaired) electrons. The molecule has 0 saturated carbocycles. The summed E-state index contributed by atoms with van der Waals surface area (Å²) >= 11 is 0. The number of hydrogen-bond acceptors (Lipinski definition) is 5. The van der Waals surface area contributed by atoms with Gasteiger partial charge in [-0.2, -0.15) is 16.8 Å². The zero-order valence-corrected chi connectivity index (χ0v) is 14.0. The molecule has 12 heteroatoms. The lowest BCUT2D eigenvalue weighted by molar-refractivity contribution is 0.102. The number of benzene rings is 2. The Balaban J connectivity index is 1.56. The van der Waals surface area contributed by atoms with Gasteiger partial charge in [-0.25, -0.2) is 0 Å². The molecule has 0 spiro atoms. The van der Waals surface area contributed by atoms with Crippen LogP contribution >= 0.6 is 0 Å². The molecule has 2 aromatic carbocycles. The van der Waals surface area contributed by atoms with Crippen molar-refractivity contribution in [1.29, 1.82) is 0 Å². The maximum Gasteiger partial charge on any atom is 0.321 e. The number of hydrogen-bond donors (Lipinski definition) is 5. The van der Waals surface area contributed by atoms with Crippen molar-refractivity contribution in [2.45, 2.75) is 0 Å². The Kier molecular flexibility index (Phi) is 3.11. The second kappa shape index (κ2) is 5.00. The molecule has 2 aliphatic heterocycles. The molecule has 0 aliphatic carbocycles. The zero-order valence-electron chi connectivity index (χ0n) is 12.3. The van der Waals surface area contributed by atoms with Crippen molar-refractivity contribution in [1.82, 2.24) is 0 Å². The predicted octanol–water partition coefficient (Wildman–Crippen LogP) is 1.10. The standard InChI is InChI=1S/C13H11N5O5S2/c19-13(7-1-3-9-11(5-7)17-24(20,21)15-9)14-8-2-4-10-12(6-8)18-25(22,23)16-10/h1-6,15-18H,(H,14,19). The molecule has 130 valence electrons. The van der Waals surface area contributed by atoms with E-state index in [1.165, 1.54) is 30.3 Å². The van der Waals surface area contributed by atoms with Crippen LogP contribution in [-0.2, 0) is 20.4 Å². The largest absolute Gasteiger partial charge is 0.322 e. The molecule has 0 atom stereocenters. The SMILES string of the molecule is O=C(Nc1ccc2c(c1)NS(=O)(=O)N2)c1ccc2c(c1)NS(=O)(=O)N2. The van der Waals surface area contributed by atoms with Gasteiger partial charge in [0, 0.05) is 11.3 Å². The van der Waals surface area contributed by atoms with Crippen molar-refractivity contribution in [3.05, 3.63) is 42.0 Å². The normalized spacial score (nSPS) is 17.9. The average molecular weight is 381 g/mol. The van der Waals surface area contributed by atoms with Crippen LogP contribution in [0.2, 0.25) is 0 Å². The monoisotopic (exact) mass is 381 g/mol. The van der Waals surface area contributed by atoms with Gasteiger partial charge in [0.1, 0.15) is 0 Å². The number of carbonyl (C=O) groups is 1. The van der Waals surface area contributed by atoms with Gasteiger partial charge in [-0.15, -0.1) is 0 Å². The van der Waals surface area contributed by atoms with Gasteiger partial charge in [0.2, 0.25) is 0 Å². The van der Waals surface area contributed by atoms with Crippen LogP contribution in [0.1, 0.15) is 10.4 Å². The van der Waals surface area contributed by atoms with E-state index < -0.39 is 26.3 Å². The van der Waals surface area contributed by atoms with E-state index in [2.05, 4.69) is 24.2 Å². The van der Waals surface area contributed by atoms with Crippen molar-refractivity contribution in [3.8, 4) is 0 Å². The molecule has 4 rings (SSSR count). The van der Waals surface area contributed by atoms with E-state index in [0.29, 0.717) is 22.7 Å². The number of carbonyl (C=O) groups excluding carboxylic acids is 1. The smallest absolute Gasteiger partial charge is 0.321 e. The summed E-state index contributed by atoms with van der Waals surface area (Å²) in [4.78, 5) is 12.3. The first-order valence-electron chi connectivity index (χ1n) is 6.91. The van der Waals surface area contributed by atoms with Crippen LogP contribution in [-0.4, -0.2) is 22.7 Å². The highest BCUT2D eigenvalue weighted by Gasteiger charge is 2.24. The number of nitrogens with one attached hydrogen (secondary N) is 5. The second-order valence-corrected chi connectivity index (χ2v) is 8.22. The van der Waals surface area contributed by atoms with Crippen molar-refractivity contribution < 1.29 is 21.6 Å². The highest BCUT2D eigenvalue weighted by Crippen LogP contribution is 2.33. The summed E-state index contributed by atoms with van der Waals surface area (Å²) in [5.41, 5.74) is 1.96. The van der Waals surface area contributed by atoms with Gasteiger partial charge < -0.3 is 5.32 Å². The average Bonchev–Trinajstić information content (AvgIpc) is 2.98. The lowest BCUT2D eigenvalue weighted by Crippen LogP contribution is -2.13. The number of rotatable bonds is 2. The third-order valence-corrected chi connectivity index (χ3v) is 5.49. The predicted molar refractivity (Wildman–Crippen MR) is 93.2 cm³/mol. The third-order valence-electron chi connectivity index (χ3n) is 3.54. The highest BCUT2D eigenvalue weighted by atomic mass is 32.2. The Bertz CT molecular complexity index is 1130. The lowest BCUT2D eigenvalue weighted by Gasteiger charge is -2.07. The van der Waals surface area contributed by atoms with Gasteiger partial charge in [-0.05, 0) is 36.4 Å². The minimum absolute atomic E-state index is 0.240. The lowest BCUT2D eigenvalue weighted by atomic mass is 10.1. The zero-order chi connectivity index (χ0) is 17.8. The fourth-order valence-electron chi connectivity index (χ4n) is 2.49. The van der Waals surface area contributed by atoms with Gasteiger partial charge >= 0.3 is 20.4 Å². The van der Waals surface area contributed by atoms with E-state index in [4.69, 9.17) is 0 Å². The number of fused-ring (bicyclic) bond motifs is 2. The van der Waals surface area contributed by atoms with E-state index in [1.807, 2.05) is 0 Å². The molecule has 2 heterocycles. The molecule has 2 aliphatic rings. The molecule has 0 saturated heterocycles. The summed E-state index contributed by atoms with van der Waals surface area (Å²) in [7, 11) is -7.23. The van der Waals surface area contributed by atoms with Crippen LogP contribution in [0.15, 0.2) is 36.4 Å². The summed E-state index contributed by atoms with van der Waals surface area (Å²) in [5.74, 6) is -0.470. The molecule has 0 fully saturated rings. The van der Waals surface area contributed by atoms with E-state index in [0.717, 1.165) is 0 Å². The van der Waals surface area contributed by atoms with Crippen LogP contribution in [0.25, 0.3) is 0 Å². The fourth-order valence-corrected chi connectivity index (χ4v) is 4.44. The molecule has 10 nitrogen and oxygen atoms in total. The Labute approximate surface area is 143 Å². The molecule has 0 unspecified atom stereocenters. The van der Waals surface area contributed by atoms with Crippen LogP contribution < -0.4 is 24.2 Å². The number of amides is 1. The van der Waals surface area contributed by atoms with Gasteiger partial charge in [-0.3, -0.25) is 23.7 Å². The fraction of sp³-hybridized carbons (Fsp3) is 0. The van der Waals surface area contributed by atoms with Crippen molar-refractivity contribution >= 4 is 54.8 Å². The molecular weight excluding hydrogens is 370 g/mol. The molecule has 5 N–H and O–H groups in total. The maximum absolute atomic E-state index is 12.3. The molecule has 0 bridgehead atoms. The molecule has 25 heavy (non-hydrogen) atoms. The second-order valence-electron chi connectivity index (χ2n) is 5.39. The van der Waals surface area contributed by atoms with Crippen LogP contribution in [0.4, 0.5) is 28.4 Å². The Hall–Kier alpha value is -2.99. The molecule has 1 amide bonds. The van der Waals surface area contributed by atoms with Crippen LogP contribution in [0.3, 0.4) is 0 Å². The Morgan fingerprint density at radius 1 is 0.720 bits per heavy atom. The van der Waals surface area contributed by atoms with E-state index >= 15 is 0 Å². The minimum Gasteiger partial charge on any atom is -0.322 e. The van der Waals surface area contributed by atoms with Crippen LogP contribution in [0, 0.1) is 0 Å². The first kappa shape index (κ1) is 15.5. The van der Waals surface area contributed by atoms with Gasteiger partial charge in [0.05, 0.1) is 22.7 Å². The summed E-state index contributed by atoms with van der Waals surface area (Å²) < 4.78 is 54.9. The summed E-state index contributed by atoms with van der Waals surface area (Å²) in [5, 5.41) is 2.63. The van der Waals surface area contributed by atoms with Crippen molar-refractivity contribution in [3.63, 3.8) is 0 Å². The van der Waals surface area contributed by atoms with Crippen molar-refractivity contribution in [2.75, 3.05) is 24.2 Å². The minimum atomic E-state index is -3.63. The highest BCUT2D eigenvalue weighted by molar-refractivity contribution is 7.94. The van der Waals surface area contributed by atoms with Crippen molar-refractivity contribution in [2.24, 2.45) is 0 Å². The maximum atomic E-state index is 12.3. The van der Waals surface area contributed by atoms with E-state index in [9.17, 15) is 21.6 Å². The molecular formula is C13H11N5O5S2. The number of anilines is 5. The Morgan fingerprint density at radius 3 is 1.88 bits per heavy atom. The third kappa shape index (κ3) is 2.92. The van der Waals surface area contributed by atoms with Gasteiger partial charge in [0.15, 0.2) is 0 Å². The molecule has 2 aromatic rings. The molecule has 0 aromatic heterocycles.